The summed E-state index contributed by atoms with van der Waals surface area (Å²) < 4.78 is 0. The fourth-order valence-electron chi connectivity index (χ4n) is 3.40. The third kappa shape index (κ3) is 2.71. The molecule has 0 radical (unpaired) electrons. The lowest BCUT2D eigenvalue weighted by atomic mass is 9.94. The average molecular weight is 277 g/mol. The van der Waals surface area contributed by atoms with Crippen molar-refractivity contribution in [3.05, 3.63) is 21.4 Å². The number of carbonyl (C=O) groups is 1. The Kier molecular flexibility index (Phi) is 3.92. The number of aryl methyl sites for hydroxylation is 2. The number of thiophene rings is 1. The second-order valence-electron chi connectivity index (χ2n) is 5.97. The van der Waals surface area contributed by atoms with Gasteiger partial charge in [0, 0.05) is 18.0 Å². The van der Waals surface area contributed by atoms with Gasteiger partial charge in [-0.15, -0.1) is 11.3 Å². The van der Waals surface area contributed by atoms with Gasteiger partial charge in [-0.25, -0.2) is 0 Å². The van der Waals surface area contributed by atoms with Crippen LogP contribution in [0.2, 0.25) is 0 Å². The van der Waals surface area contributed by atoms with Crippen LogP contribution in [0.5, 0.6) is 0 Å². The van der Waals surface area contributed by atoms with E-state index >= 15 is 0 Å². The first-order chi connectivity index (χ1) is 9.25. The van der Waals surface area contributed by atoms with Crippen molar-refractivity contribution >= 4 is 17.2 Å². The van der Waals surface area contributed by atoms with Crippen molar-refractivity contribution in [2.45, 2.75) is 63.8 Å². The van der Waals surface area contributed by atoms with E-state index in [0.717, 1.165) is 4.88 Å². The van der Waals surface area contributed by atoms with Gasteiger partial charge in [0.15, 0.2) is 0 Å². The molecule has 19 heavy (non-hydrogen) atoms. The Hall–Kier alpha value is -0.830. The molecule has 0 aliphatic heterocycles. The maximum Gasteiger partial charge on any atom is 0.263 e. The Labute approximate surface area is 119 Å². The summed E-state index contributed by atoms with van der Waals surface area (Å²) in [6, 6.07) is 2.64. The summed E-state index contributed by atoms with van der Waals surface area (Å²) in [6.45, 7) is 0. The third-order valence-corrected chi connectivity index (χ3v) is 5.88. The molecule has 1 aromatic rings. The van der Waals surface area contributed by atoms with Gasteiger partial charge in [0.1, 0.15) is 0 Å². The summed E-state index contributed by atoms with van der Waals surface area (Å²) in [5, 5.41) is 0. The standard InChI is InChI=1S/C16H23NOS/c1-17(13-8-3-2-4-9-13)16(18)15-11-12-7-5-6-10-14(12)19-15/h11,13H,2-10H2,1H3. The van der Waals surface area contributed by atoms with Gasteiger partial charge in [-0.1, -0.05) is 19.3 Å². The lowest BCUT2D eigenvalue weighted by Crippen LogP contribution is -2.37. The van der Waals surface area contributed by atoms with E-state index in [2.05, 4.69) is 6.07 Å². The van der Waals surface area contributed by atoms with E-state index in [1.54, 1.807) is 11.3 Å². The van der Waals surface area contributed by atoms with Crippen molar-refractivity contribution in [3.8, 4) is 0 Å². The SMILES string of the molecule is CN(C(=O)c1cc2c(s1)CCCC2)C1CCCCC1. The van der Waals surface area contributed by atoms with Crippen molar-refractivity contribution in [2.24, 2.45) is 0 Å². The van der Waals surface area contributed by atoms with Gasteiger partial charge in [0.2, 0.25) is 0 Å². The average Bonchev–Trinajstić information content (AvgIpc) is 2.90. The normalized spacial score (nSPS) is 20.1. The van der Waals surface area contributed by atoms with Crippen LogP contribution in [-0.4, -0.2) is 23.9 Å². The van der Waals surface area contributed by atoms with E-state index in [1.165, 1.54) is 68.2 Å². The van der Waals surface area contributed by atoms with E-state index < -0.39 is 0 Å². The van der Waals surface area contributed by atoms with E-state index in [0.29, 0.717) is 6.04 Å². The van der Waals surface area contributed by atoms with Crippen molar-refractivity contribution < 1.29 is 4.79 Å². The molecule has 104 valence electrons. The molecule has 1 saturated carbocycles. The predicted molar refractivity (Wildman–Crippen MR) is 79.9 cm³/mol. The van der Waals surface area contributed by atoms with E-state index in [1.807, 2.05) is 11.9 Å². The van der Waals surface area contributed by atoms with Gasteiger partial charge in [-0.2, -0.15) is 0 Å². The second kappa shape index (κ2) is 5.66. The van der Waals surface area contributed by atoms with Crippen molar-refractivity contribution in [3.63, 3.8) is 0 Å². The number of hydrogen-bond donors (Lipinski definition) is 0. The van der Waals surface area contributed by atoms with Crippen molar-refractivity contribution in [2.75, 3.05) is 7.05 Å². The summed E-state index contributed by atoms with van der Waals surface area (Å²) in [5.41, 5.74) is 1.44. The molecule has 1 aromatic heterocycles. The van der Waals surface area contributed by atoms with Crippen LogP contribution in [0.1, 0.15) is 65.1 Å². The zero-order chi connectivity index (χ0) is 13.2. The summed E-state index contributed by atoms with van der Waals surface area (Å²) in [7, 11) is 2.00. The van der Waals surface area contributed by atoms with E-state index in [4.69, 9.17) is 0 Å². The molecule has 2 aliphatic rings. The van der Waals surface area contributed by atoms with E-state index in [9.17, 15) is 4.79 Å². The number of nitrogens with zero attached hydrogens (tertiary/aromatic N) is 1. The van der Waals surface area contributed by atoms with Crippen LogP contribution in [0.4, 0.5) is 0 Å². The highest BCUT2D eigenvalue weighted by atomic mass is 32.1. The number of rotatable bonds is 2. The van der Waals surface area contributed by atoms with Gasteiger partial charge >= 0.3 is 0 Å². The molecule has 0 saturated heterocycles. The third-order valence-electron chi connectivity index (χ3n) is 4.65. The van der Waals surface area contributed by atoms with Crippen LogP contribution in [0, 0.1) is 0 Å². The van der Waals surface area contributed by atoms with Gasteiger partial charge in [0.05, 0.1) is 4.88 Å². The summed E-state index contributed by atoms with van der Waals surface area (Å²) >= 11 is 1.74. The van der Waals surface area contributed by atoms with E-state index in [-0.39, 0.29) is 5.91 Å². The van der Waals surface area contributed by atoms with Gasteiger partial charge < -0.3 is 4.90 Å². The van der Waals surface area contributed by atoms with Gasteiger partial charge in [-0.05, 0) is 50.2 Å². The largest absolute Gasteiger partial charge is 0.338 e. The molecule has 2 aliphatic carbocycles. The Morgan fingerprint density at radius 1 is 1.16 bits per heavy atom. The molecular formula is C16H23NOS. The quantitative estimate of drug-likeness (QED) is 0.799. The molecule has 0 N–H and O–H groups in total. The van der Waals surface area contributed by atoms with Crippen molar-refractivity contribution in [1.82, 2.24) is 4.90 Å². The van der Waals surface area contributed by atoms with Crippen LogP contribution in [-0.2, 0) is 12.8 Å². The number of fused-ring (bicyclic) bond motifs is 1. The number of amides is 1. The number of hydrogen-bond acceptors (Lipinski definition) is 2. The fraction of sp³-hybridized carbons (Fsp3) is 0.688. The Morgan fingerprint density at radius 2 is 1.89 bits per heavy atom. The lowest BCUT2D eigenvalue weighted by Gasteiger charge is -2.30. The zero-order valence-corrected chi connectivity index (χ0v) is 12.6. The van der Waals surface area contributed by atoms with Crippen LogP contribution in [0.25, 0.3) is 0 Å². The molecule has 1 amide bonds. The Balaban J connectivity index is 1.73. The topological polar surface area (TPSA) is 20.3 Å². The highest BCUT2D eigenvalue weighted by molar-refractivity contribution is 7.14. The zero-order valence-electron chi connectivity index (χ0n) is 11.8. The molecule has 0 bridgehead atoms. The highest BCUT2D eigenvalue weighted by Gasteiger charge is 2.25. The molecule has 1 heterocycles. The first kappa shape index (κ1) is 13.2. The smallest absolute Gasteiger partial charge is 0.263 e. The Bertz CT molecular complexity index is 436. The monoisotopic (exact) mass is 277 g/mol. The summed E-state index contributed by atoms with van der Waals surface area (Å²) in [5.74, 6) is 0.256. The molecule has 3 rings (SSSR count). The van der Waals surface area contributed by atoms with Crippen molar-refractivity contribution in [1.29, 1.82) is 0 Å². The minimum absolute atomic E-state index is 0.256. The first-order valence-electron chi connectivity index (χ1n) is 7.64. The molecular weight excluding hydrogens is 254 g/mol. The maximum absolute atomic E-state index is 12.6. The molecule has 0 aromatic carbocycles. The molecule has 3 heteroatoms. The van der Waals surface area contributed by atoms with Crippen LogP contribution in [0.3, 0.4) is 0 Å². The van der Waals surface area contributed by atoms with Gasteiger partial charge in [0.25, 0.3) is 5.91 Å². The van der Waals surface area contributed by atoms with Gasteiger partial charge in [-0.3, -0.25) is 4.79 Å². The Morgan fingerprint density at radius 3 is 2.63 bits per heavy atom. The van der Waals surface area contributed by atoms with Crippen LogP contribution in [0.15, 0.2) is 6.07 Å². The predicted octanol–water partition coefficient (Wildman–Crippen LogP) is 4.03. The minimum Gasteiger partial charge on any atom is -0.338 e. The maximum atomic E-state index is 12.6. The van der Waals surface area contributed by atoms with Crippen LogP contribution < -0.4 is 0 Å². The molecule has 0 unspecified atom stereocenters. The molecule has 1 fully saturated rings. The second-order valence-corrected chi connectivity index (χ2v) is 7.11. The highest BCUT2D eigenvalue weighted by Crippen LogP contribution is 2.31. The molecule has 0 spiro atoms. The number of carbonyl (C=O) groups excluding carboxylic acids is 1. The minimum atomic E-state index is 0.256. The summed E-state index contributed by atoms with van der Waals surface area (Å²) in [6.07, 6.45) is 11.2. The lowest BCUT2D eigenvalue weighted by molar-refractivity contribution is 0.0701. The molecule has 2 nitrogen and oxygen atoms in total. The molecule has 0 atom stereocenters. The first-order valence-corrected chi connectivity index (χ1v) is 8.46. The fourth-order valence-corrected chi connectivity index (χ4v) is 4.64. The summed E-state index contributed by atoms with van der Waals surface area (Å²) in [4.78, 5) is 17.0. The van der Waals surface area contributed by atoms with Crippen LogP contribution >= 0.6 is 11.3 Å².